The Kier molecular flexibility index (Phi) is 4.49. The van der Waals surface area contributed by atoms with Gasteiger partial charge in [0.05, 0.1) is 29.1 Å². The SMILES string of the molecule is Cc1noc(C)c1CNc1cc(C#N)ccc1OC(C)C. The van der Waals surface area contributed by atoms with Crippen LogP contribution in [0.25, 0.3) is 0 Å². The quantitative estimate of drug-likeness (QED) is 0.909. The zero-order valence-electron chi connectivity index (χ0n) is 12.7. The second kappa shape index (κ2) is 6.31. The summed E-state index contributed by atoms with van der Waals surface area (Å²) in [6.07, 6.45) is 0.0672. The third-order valence-corrected chi connectivity index (χ3v) is 3.11. The summed E-state index contributed by atoms with van der Waals surface area (Å²) >= 11 is 0. The van der Waals surface area contributed by atoms with Crippen molar-refractivity contribution in [1.29, 1.82) is 5.26 Å². The molecule has 110 valence electrons. The lowest BCUT2D eigenvalue weighted by Crippen LogP contribution is -2.09. The molecule has 5 heteroatoms. The normalized spacial score (nSPS) is 10.5. The van der Waals surface area contributed by atoms with Crippen molar-refractivity contribution in [2.75, 3.05) is 5.32 Å². The smallest absolute Gasteiger partial charge is 0.142 e. The van der Waals surface area contributed by atoms with Gasteiger partial charge in [-0.15, -0.1) is 0 Å². The number of nitrogens with one attached hydrogen (secondary N) is 1. The maximum absolute atomic E-state index is 9.03. The summed E-state index contributed by atoms with van der Waals surface area (Å²) < 4.78 is 10.9. The van der Waals surface area contributed by atoms with Gasteiger partial charge in [-0.05, 0) is 45.9 Å². The Hall–Kier alpha value is -2.48. The molecule has 0 amide bonds. The summed E-state index contributed by atoms with van der Waals surface area (Å²) in [6, 6.07) is 7.49. The van der Waals surface area contributed by atoms with E-state index in [-0.39, 0.29) is 6.10 Å². The van der Waals surface area contributed by atoms with Gasteiger partial charge in [0.15, 0.2) is 0 Å². The number of rotatable bonds is 5. The molecule has 0 bridgehead atoms. The van der Waals surface area contributed by atoms with E-state index in [2.05, 4.69) is 16.5 Å². The van der Waals surface area contributed by atoms with E-state index in [1.807, 2.05) is 33.8 Å². The van der Waals surface area contributed by atoms with Gasteiger partial charge in [-0.3, -0.25) is 0 Å². The van der Waals surface area contributed by atoms with Crippen LogP contribution in [-0.2, 0) is 6.54 Å². The van der Waals surface area contributed by atoms with Gasteiger partial charge in [0, 0.05) is 12.1 Å². The highest BCUT2D eigenvalue weighted by atomic mass is 16.5. The molecule has 0 aliphatic rings. The minimum atomic E-state index is 0.0672. The number of aromatic nitrogens is 1. The number of benzene rings is 1. The fraction of sp³-hybridized carbons (Fsp3) is 0.375. The van der Waals surface area contributed by atoms with Gasteiger partial charge < -0.3 is 14.6 Å². The van der Waals surface area contributed by atoms with Crippen LogP contribution in [0.4, 0.5) is 5.69 Å². The van der Waals surface area contributed by atoms with Gasteiger partial charge in [0.2, 0.25) is 0 Å². The molecule has 1 aromatic heterocycles. The third-order valence-electron chi connectivity index (χ3n) is 3.11. The number of nitriles is 1. The van der Waals surface area contributed by atoms with Gasteiger partial charge >= 0.3 is 0 Å². The van der Waals surface area contributed by atoms with Crippen LogP contribution in [0.15, 0.2) is 22.7 Å². The number of hydrogen-bond acceptors (Lipinski definition) is 5. The van der Waals surface area contributed by atoms with Crippen molar-refractivity contribution in [3.63, 3.8) is 0 Å². The van der Waals surface area contributed by atoms with Crippen molar-refractivity contribution >= 4 is 5.69 Å². The van der Waals surface area contributed by atoms with E-state index >= 15 is 0 Å². The topological polar surface area (TPSA) is 71.1 Å². The number of anilines is 1. The van der Waals surface area contributed by atoms with Gasteiger partial charge in [-0.25, -0.2) is 0 Å². The summed E-state index contributed by atoms with van der Waals surface area (Å²) in [5, 5.41) is 16.3. The predicted molar refractivity (Wildman–Crippen MR) is 80.2 cm³/mol. The summed E-state index contributed by atoms with van der Waals surface area (Å²) in [4.78, 5) is 0. The fourth-order valence-electron chi connectivity index (χ4n) is 2.03. The van der Waals surface area contributed by atoms with Crippen LogP contribution in [0.3, 0.4) is 0 Å². The largest absolute Gasteiger partial charge is 0.489 e. The Balaban J connectivity index is 2.23. The van der Waals surface area contributed by atoms with Crippen LogP contribution in [-0.4, -0.2) is 11.3 Å². The van der Waals surface area contributed by atoms with E-state index in [1.54, 1.807) is 12.1 Å². The van der Waals surface area contributed by atoms with E-state index in [0.29, 0.717) is 12.1 Å². The van der Waals surface area contributed by atoms with Crippen molar-refractivity contribution in [3.05, 3.63) is 40.8 Å². The Labute approximate surface area is 124 Å². The molecule has 0 saturated carbocycles. The molecule has 0 unspecified atom stereocenters. The van der Waals surface area contributed by atoms with Crippen molar-refractivity contribution in [2.24, 2.45) is 0 Å². The highest BCUT2D eigenvalue weighted by Crippen LogP contribution is 2.28. The first-order valence-corrected chi connectivity index (χ1v) is 6.87. The van der Waals surface area contributed by atoms with Crippen LogP contribution in [0.2, 0.25) is 0 Å². The first-order valence-electron chi connectivity index (χ1n) is 6.87. The van der Waals surface area contributed by atoms with Crippen LogP contribution in [0.1, 0.15) is 36.4 Å². The molecule has 0 radical (unpaired) electrons. The van der Waals surface area contributed by atoms with Gasteiger partial charge in [0.25, 0.3) is 0 Å². The summed E-state index contributed by atoms with van der Waals surface area (Å²) in [7, 11) is 0. The highest BCUT2D eigenvalue weighted by molar-refractivity contribution is 5.60. The molecule has 0 spiro atoms. The van der Waals surface area contributed by atoms with Crippen LogP contribution in [0.5, 0.6) is 5.75 Å². The molecule has 2 aromatic rings. The van der Waals surface area contributed by atoms with Crippen molar-refractivity contribution < 1.29 is 9.26 Å². The Bertz CT molecular complexity index is 649. The average molecular weight is 285 g/mol. The molecule has 0 atom stereocenters. The van der Waals surface area contributed by atoms with Crippen LogP contribution >= 0.6 is 0 Å². The van der Waals surface area contributed by atoms with Crippen LogP contribution < -0.4 is 10.1 Å². The molecule has 5 nitrogen and oxygen atoms in total. The fourth-order valence-corrected chi connectivity index (χ4v) is 2.03. The monoisotopic (exact) mass is 285 g/mol. The first-order chi connectivity index (χ1) is 10.0. The second-order valence-electron chi connectivity index (χ2n) is 5.15. The number of aryl methyl sites for hydroxylation is 2. The van der Waals surface area contributed by atoms with E-state index in [4.69, 9.17) is 14.5 Å². The summed E-state index contributed by atoms with van der Waals surface area (Å²) in [6.45, 7) is 8.30. The number of nitrogens with zero attached hydrogens (tertiary/aromatic N) is 2. The summed E-state index contributed by atoms with van der Waals surface area (Å²) in [5.41, 5.74) is 3.27. The molecule has 0 fully saturated rings. The molecule has 1 aromatic carbocycles. The Morgan fingerprint density at radius 1 is 1.38 bits per heavy atom. The average Bonchev–Trinajstić information content (AvgIpc) is 2.76. The third kappa shape index (κ3) is 3.54. The molecular formula is C16H19N3O2. The molecule has 21 heavy (non-hydrogen) atoms. The summed E-state index contributed by atoms with van der Waals surface area (Å²) in [5.74, 6) is 1.53. The molecule has 0 aliphatic heterocycles. The maximum Gasteiger partial charge on any atom is 0.142 e. The molecule has 0 saturated heterocycles. The minimum absolute atomic E-state index is 0.0672. The lowest BCUT2D eigenvalue weighted by atomic mass is 10.1. The Morgan fingerprint density at radius 2 is 2.14 bits per heavy atom. The predicted octanol–water partition coefficient (Wildman–Crippen LogP) is 3.56. The minimum Gasteiger partial charge on any atom is -0.489 e. The molecule has 1 N–H and O–H groups in total. The van der Waals surface area contributed by atoms with E-state index in [9.17, 15) is 0 Å². The standard InChI is InChI=1S/C16H19N3O2/c1-10(2)20-16-6-5-13(8-17)7-15(16)18-9-14-11(3)19-21-12(14)4/h5-7,10,18H,9H2,1-4H3. The molecule has 1 heterocycles. The lowest BCUT2D eigenvalue weighted by molar-refractivity contribution is 0.243. The van der Waals surface area contributed by atoms with E-state index in [1.165, 1.54) is 0 Å². The van der Waals surface area contributed by atoms with Crippen molar-refractivity contribution in [1.82, 2.24) is 5.16 Å². The van der Waals surface area contributed by atoms with E-state index < -0.39 is 0 Å². The number of hydrogen-bond donors (Lipinski definition) is 1. The van der Waals surface area contributed by atoms with Gasteiger partial charge in [0.1, 0.15) is 11.5 Å². The first kappa shape index (κ1) is 14.9. The van der Waals surface area contributed by atoms with Gasteiger partial charge in [-0.2, -0.15) is 5.26 Å². The molecular weight excluding hydrogens is 266 g/mol. The number of ether oxygens (including phenoxy) is 1. The zero-order chi connectivity index (χ0) is 15.4. The van der Waals surface area contributed by atoms with Crippen molar-refractivity contribution in [2.45, 2.75) is 40.3 Å². The maximum atomic E-state index is 9.03. The lowest BCUT2D eigenvalue weighted by Gasteiger charge is -2.15. The molecule has 0 aliphatic carbocycles. The second-order valence-corrected chi connectivity index (χ2v) is 5.15. The molecule has 2 rings (SSSR count). The van der Waals surface area contributed by atoms with Crippen molar-refractivity contribution in [3.8, 4) is 11.8 Å². The van der Waals surface area contributed by atoms with E-state index in [0.717, 1.165) is 28.5 Å². The highest BCUT2D eigenvalue weighted by Gasteiger charge is 2.11. The van der Waals surface area contributed by atoms with Gasteiger partial charge in [-0.1, -0.05) is 5.16 Å². The van der Waals surface area contributed by atoms with Crippen LogP contribution in [0, 0.1) is 25.2 Å². The zero-order valence-corrected chi connectivity index (χ0v) is 12.7. The Morgan fingerprint density at radius 3 is 2.71 bits per heavy atom.